The quantitative estimate of drug-likeness (QED) is 0.409. The van der Waals surface area contributed by atoms with Crippen molar-refractivity contribution in [3.8, 4) is 0 Å². The standard InChI is InChI=1S/C8H7BN2/c9-5-3-7(10)6-1-2-11-8(6)4-5/h1-4,11H,10H2. The molecular weight excluding hydrogens is 135 g/mol. The Labute approximate surface area is 65.8 Å². The van der Waals surface area contributed by atoms with E-state index in [1.807, 2.05) is 18.3 Å². The monoisotopic (exact) mass is 142 g/mol. The molecule has 0 aliphatic rings. The van der Waals surface area contributed by atoms with E-state index in [0.717, 1.165) is 16.6 Å². The minimum absolute atomic E-state index is 0.692. The molecule has 1 heterocycles. The maximum atomic E-state index is 5.70. The van der Waals surface area contributed by atoms with Gasteiger partial charge < -0.3 is 10.7 Å². The second kappa shape index (κ2) is 2.05. The zero-order valence-electron chi connectivity index (χ0n) is 5.96. The van der Waals surface area contributed by atoms with E-state index >= 15 is 0 Å². The van der Waals surface area contributed by atoms with Crippen LogP contribution in [0.5, 0.6) is 0 Å². The Morgan fingerprint density at radius 3 is 3.00 bits per heavy atom. The predicted molar refractivity (Wildman–Crippen MR) is 48.1 cm³/mol. The molecule has 0 unspecified atom stereocenters. The van der Waals surface area contributed by atoms with Gasteiger partial charge >= 0.3 is 0 Å². The summed E-state index contributed by atoms with van der Waals surface area (Å²) in [6.45, 7) is 0. The van der Waals surface area contributed by atoms with Crippen molar-refractivity contribution in [2.75, 3.05) is 5.73 Å². The molecule has 0 amide bonds. The summed E-state index contributed by atoms with van der Waals surface area (Å²) in [4.78, 5) is 3.04. The number of hydrogen-bond acceptors (Lipinski definition) is 1. The molecule has 2 radical (unpaired) electrons. The van der Waals surface area contributed by atoms with Gasteiger partial charge in [-0.15, -0.1) is 0 Å². The maximum Gasteiger partial charge on any atom is 0.114 e. The highest BCUT2D eigenvalue weighted by Gasteiger charge is 1.97. The number of aromatic nitrogens is 1. The lowest BCUT2D eigenvalue weighted by molar-refractivity contribution is 1.48. The normalized spacial score (nSPS) is 10.5. The number of benzene rings is 1. The van der Waals surface area contributed by atoms with E-state index in [-0.39, 0.29) is 0 Å². The molecule has 0 aliphatic heterocycles. The van der Waals surface area contributed by atoms with Gasteiger partial charge in [0, 0.05) is 22.8 Å². The number of aromatic amines is 1. The fraction of sp³-hybridized carbons (Fsp3) is 0. The van der Waals surface area contributed by atoms with Crippen molar-refractivity contribution in [1.29, 1.82) is 0 Å². The van der Waals surface area contributed by atoms with Crippen LogP contribution in [0.15, 0.2) is 24.4 Å². The van der Waals surface area contributed by atoms with Crippen LogP contribution < -0.4 is 11.2 Å². The van der Waals surface area contributed by atoms with Crippen LogP contribution in [0.1, 0.15) is 0 Å². The molecule has 2 rings (SSSR count). The number of hydrogen-bond donors (Lipinski definition) is 2. The Bertz CT molecular complexity index is 392. The van der Waals surface area contributed by atoms with E-state index in [1.54, 1.807) is 6.07 Å². The summed E-state index contributed by atoms with van der Waals surface area (Å²) in [6.07, 6.45) is 1.85. The number of nitrogens with one attached hydrogen (secondary N) is 1. The highest BCUT2D eigenvalue weighted by atomic mass is 14.7. The van der Waals surface area contributed by atoms with Gasteiger partial charge in [-0.05, 0) is 18.2 Å². The van der Waals surface area contributed by atoms with Gasteiger partial charge in [0.25, 0.3) is 0 Å². The zero-order chi connectivity index (χ0) is 7.84. The number of fused-ring (bicyclic) bond motifs is 1. The SMILES string of the molecule is [B]c1cc(N)c2cc[nH]c2c1. The Morgan fingerprint density at radius 2 is 2.18 bits per heavy atom. The maximum absolute atomic E-state index is 5.70. The van der Waals surface area contributed by atoms with E-state index < -0.39 is 0 Å². The van der Waals surface area contributed by atoms with Crippen molar-refractivity contribution in [3.63, 3.8) is 0 Å². The molecule has 2 nitrogen and oxygen atoms in total. The highest BCUT2D eigenvalue weighted by Crippen LogP contribution is 2.16. The second-order valence-corrected chi connectivity index (χ2v) is 2.55. The molecule has 0 fully saturated rings. The van der Waals surface area contributed by atoms with E-state index in [9.17, 15) is 0 Å². The molecule has 1 aromatic carbocycles. The first kappa shape index (κ1) is 6.34. The van der Waals surface area contributed by atoms with Crippen LogP contribution in [0.25, 0.3) is 10.9 Å². The van der Waals surface area contributed by atoms with Crippen LogP contribution in [0, 0.1) is 0 Å². The van der Waals surface area contributed by atoms with Gasteiger partial charge in [0.1, 0.15) is 7.85 Å². The third-order valence-corrected chi connectivity index (χ3v) is 1.72. The first-order valence-electron chi connectivity index (χ1n) is 3.39. The summed E-state index contributed by atoms with van der Waals surface area (Å²) in [6, 6.07) is 5.56. The Morgan fingerprint density at radius 1 is 1.36 bits per heavy atom. The summed E-state index contributed by atoms with van der Waals surface area (Å²) in [5, 5.41) is 1.03. The van der Waals surface area contributed by atoms with Crippen molar-refractivity contribution in [2.24, 2.45) is 0 Å². The average Bonchev–Trinajstić information content (AvgIpc) is 2.34. The van der Waals surface area contributed by atoms with Crippen LogP contribution >= 0.6 is 0 Å². The van der Waals surface area contributed by atoms with Crippen LogP contribution in [0.4, 0.5) is 5.69 Å². The molecule has 0 aliphatic carbocycles. The topological polar surface area (TPSA) is 41.8 Å². The van der Waals surface area contributed by atoms with Gasteiger partial charge in [-0.25, -0.2) is 0 Å². The van der Waals surface area contributed by atoms with Gasteiger partial charge in [0.15, 0.2) is 0 Å². The largest absolute Gasteiger partial charge is 0.398 e. The molecule has 0 atom stereocenters. The van der Waals surface area contributed by atoms with Crippen molar-refractivity contribution < 1.29 is 0 Å². The Kier molecular flexibility index (Phi) is 1.18. The molecule has 52 valence electrons. The Balaban J connectivity index is 2.91. The molecule has 0 bridgehead atoms. The van der Waals surface area contributed by atoms with Crippen LogP contribution in [-0.4, -0.2) is 12.8 Å². The van der Waals surface area contributed by atoms with Gasteiger partial charge in [-0.3, -0.25) is 0 Å². The summed E-state index contributed by atoms with van der Waals surface area (Å²) in [5.74, 6) is 0. The van der Waals surface area contributed by atoms with Crippen molar-refractivity contribution in [3.05, 3.63) is 24.4 Å². The zero-order valence-corrected chi connectivity index (χ0v) is 5.96. The number of H-pyrrole nitrogens is 1. The molecule has 0 spiro atoms. The average molecular weight is 142 g/mol. The minimum Gasteiger partial charge on any atom is -0.398 e. The molecule has 3 N–H and O–H groups in total. The second-order valence-electron chi connectivity index (χ2n) is 2.55. The van der Waals surface area contributed by atoms with Crippen molar-refractivity contribution in [2.45, 2.75) is 0 Å². The lowest BCUT2D eigenvalue weighted by Crippen LogP contribution is -2.03. The fourth-order valence-corrected chi connectivity index (χ4v) is 1.22. The number of nitrogen functional groups attached to an aromatic ring is 1. The molecule has 2 aromatic rings. The van der Waals surface area contributed by atoms with E-state index in [4.69, 9.17) is 13.6 Å². The summed E-state index contributed by atoms with van der Waals surface area (Å²) in [5.41, 5.74) is 8.11. The molecule has 0 saturated carbocycles. The number of anilines is 1. The third kappa shape index (κ3) is 0.890. The molecule has 1 aromatic heterocycles. The van der Waals surface area contributed by atoms with E-state index in [1.165, 1.54) is 0 Å². The number of nitrogens with two attached hydrogens (primary N) is 1. The minimum atomic E-state index is 0.692. The van der Waals surface area contributed by atoms with Crippen molar-refractivity contribution in [1.82, 2.24) is 4.98 Å². The Hall–Kier alpha value is -1.38. The smallest absolute Gasteiger partial charge is 0.114 e. The van der Waals surface area contributed by atoms with Crippen LogP contribution in [-0.2, 0) is 0 Å². The third-order valence-electron chi connectivity index (χ3n) is 1.72. The molecule has 3 heteroatoms. The predicted octanol–water partition coefficient (Wildman–Crippen LogP) is 0.544. The first-order valence-corrected chi connectivity index (χ1v) is 3.39. The van der Waals surface area contributed by atoms with E-state index in [0.29, 0.717) is 5.46 Å². The van der Waals surface area contributed by atoms with Gasteiger partial charge in [0.2, 0.25) is 0 Å². The molecular formula is C8H7BN2. The van der Waals surface area contributed by atoms with E-state index in [2.05, 4.69) is 4.98 Å². The summed E-state index contributed by atoms with van der Waals surface area (Å²) < 4.78 is 0. The van der Waals surface area contributed by atoms with Gasteiger partial charge in [0.05, 0.1) is 0 Å². The van der Waals surface area contributed by atoms with Crippen LogP contribution in [0.2, 0.25) is 0 Å². The summed E-state index contributed by atoms with van der Waals surface area (Å²) >= 11 is 0. The van der Waals surface area contributed by atoms with Crippen molar-refractivity contribution >= 4 is 29.9 Å². The molecule has 0 saturated heterocycles. The first-order chi connectivity index (χ1) is 5.27. The van der Waals surface area contributed by atoms with Crippen LogP contribution in [0.3, 0.4) is 0 Å². The highest BCUT2D eigenvalue weighted by molar-refractivity contribution is 6.33. The number of rotatable bonds is 0. The van der Waals surface area contributed by atoms with Gasteiger partial charge in [-0.2, -0.15) is 0 Å². The lowest BCUT2D eigenvalue weighted by Gasteiger charge is -1.97. The lowest BCUT2D eigenvalue weighted by atomic mass is 9.94. The fourth-order valence-electron chi connectivity index (χ4n) is 1.22. The summed E-state index contributed by atoms with van der Waals surface area (Å²) in [7, 11) is 5.58. The molecule has 11 heavy (non-hydrogen) atoms. The van der Waals surface area contributed by atoms with Gasteiger partial charge in [-0.1, -0.05) is 5.46 Å².